The van der Waals surface area contributed by atoms with Gasteiger partial charge in [-0.2, -0.15) is 0 Å². The summed E-state index contributed by atoms with van der Waals surface area (Å²) in [5.41, 5.74) is -0.482. The molecule has 0 aromatic carbocycles. The summed E-state index contributed by atoms with van der Waals surface area (Å²) in [4.78, 5) is 0. The molecule has 2 nitrogen and oxygen atoms in total. The van der Waals surface area contributed by atoms with Gasteiger partial charge in [-0.25, -0.2) is 0 Å². The van der Waals surface area contributed by atoms with Crippen LogP contribution in [0.15, 0.2) is 0 Å². The molecule has 2 bridgehead atoms. The zero-order valence-electron chi connectivity index (χ0n) is 8.79. The third-order valence-corrected chi connectivity index (χ3v) is 4.34. The highest BCUT2D eigenvalue weighted by atomic mass is 16.5. The molecule has 2 aliphatic rings. The fraction of sp³-hybridized carbons (Fsp3) is 1.00. The van der Waals surface area contributed by atoms with Crippen LogP contribution in [0.1, 0.15) is 40.0 Å². The fourth-order valence-corrected chi connectivity index (χ4v) is 3.13. The van der Waals surface area contributed by atoms with Crippen molar-refractivity contribution in [2.24, 2.45) is 11.8 Å². The fourth-order valence-electron chi connectivity index (χ4n) is 3.13. The Hall–Kier alpha value is -0.0800. The minimum absolute atomic E-state index is 0.297. The maximum absolute atomic E-state index is 10.5. The van der Waals surface area contributed by atoms with Gasteiger partial charge < -0.3 is 9.84 Å². The Bertz CT molecular complexity index is 186. The molecule has 13 heavy (non-hydrogen) atoms. The predicted octanol–water partition coefficient (Wildman–Crippen LogP) is 1.96. The van der Waals surface area contributed by atoms with E-state index in [4.69, 9.17) is 4.74 Å². The molecule has 1 N–H and O–H groups in total. The minimum atomic E-state index is -0.482. The van der Waals surface area contributed by atoms with Gasteiger partial charge in [0.15, 0.2) is 0 Å². The Balaban J connectivity index is 2.27. The second-order valence-electron chi connectivity index (χ2n) is 4.71. The van der Waals surface area contributed by atoms with Crippen LogP contribution in [-0.4, -0.2) is 22.9 Å². The van der Waals surface area contributed by atoms with Crippen molar-refractivity contribution >= 4 is 0 Å². The van der Waals surface area contributed by atoms with E-state index in [0.29, 0.717) is 24.0 Å². The normalized spacial score (nSPS) is 55.4. The molecule has 2 rings (SSSR count). The molecule has 0 amide bonds. The van der Waals surface area contributed by atoms with E-state index in [-0.39, 0.29) is 0 Å². The summed E-state index contributed by atoms with van der Waals surface area (Å²) in [5.74, 6) is 0.595. The van der Waals surface area contributed by atoms with Crippen LogP contribution in [0.2, 0.25) is 0 Å². The molecule has 0 aromatic rings. The summed E-state index contributed by atoms with van der Waals surface area (Å²) in [6.07, 6.45) is 3.75. The third-order valence-electron chi connectivity index (χ3n) is 4.34. The Kier molecular flexibility index (Phi) is 2.16. The van der Waals surface area contributed by atoms with Crippen molar-refractivity contribution < 1.29 is 9.84 Å². The van der Waals surface area contributed by atoms with Gasteiger partial charge in [-0.05, 0) is 19.3 Å². The molecule has 2 heteroatoms. The van der Waals surface area contributed by atoms with Crippen LogP contribution in [0.25, 0.3) is 0 Å². The standard InChI is InChI=1S/C11H20O2/c1-4-11(12)7(2)9-5-6-10(13-9)8(11)3/h7-10,12H,4-6H2,1-3H3/t7-,8+,9+,10-,11-. The average Bonchev–Trinajstić information content (AvgIpc) is 2.59. The van der Waals surface area contributed by atoms with Gasteiger partial charge in [-0.3, -0.25) is 0 Å². The van der Waals surface area contributed by atoms with E-state index in [1.807, 2.05) is 0 Å². The summed E-state index contributed by atoms with van der Waals surface area (Å²) in [6.45, 7) is 6.34. The number of fused-ring (bicyclic) bond motifs is 2. The third kappa shape index (κ3) is 1.15. The molecule has 2 heterocycles. The molecule has 2 aliphatic heterocycles. The second kappa shape index (κ2) is 2.96. The SMILES string of the molecule is CC[C@@]1(O)[C@H](C)[C@@H]2CC[C@@H](O2)[C@@H]1C. The minimum Gasteiger partial charge on any atom is -0.389 e. The Morgan fingerprint density at radius 2 is 1.69 bits per heavy atom. The van der Waals surface area contributed by atoms with Crippen molar-refractivity contribution in [2.45, 2.75) is 57.8 Å². The van der Waals surface area contributed by atoms with Gasteiger partial charge in [0, 0.05) is 11.8 Å². The van der Waals surface area contributed by atoms with E-state index in [2.05, 4.69) is 20.8 Å². The van der Waals surface area contributed by atoms with Crippen LogP contribution in [0.4, 0.5) is 0 Å². The van der Waals surface area contributed by atoms with Crippen molar-refractivity contribution in [3.05, 3.63) is 0 Å². The zero-order chi connectivity index (χ0) is 9.64. The van der Waals surface area contributed by atoms with Crippen LogP contribution in [0.5, 0.6) is 0 Å². The van der Waals surface area contributed by atoms with Crippen LogP contribution >= 0.6 is 0 Å². The molecule has 0 unspecified atom stereocenters. The monoisotopic (exact) mass is 184 g/mol. The van der Waals surface area contributed by atoms with Crippen LogP contribution in [0, 0.1) is 11.8 Å². The summed E-state index contributed by atoms with van der Waals surface area (Å²) >= 11 is 0. The summed E-state index contributed by atoms with van der Waals surface area (Å²) in [5, 5.41) is 10.5. The maximum Gasteiger partial charge on any atom is 0.0745 e. The van der Waals surface area contributed by atoms with Gasteiger partial charge in [0.2, 0.25) is 0 Å². The highest BCUT2D eigenvalue weighted by Gasteiger charge is 2.53. The molecule has 5 atom stereocenters. The first-order chi connectivity index (χ1) is 6.09. The number of ether oxygens (including phenoxy) is 1. The maximum atomic E-state index is 10.5. The molecular weight excluding hydrogens is 164 g/mol. The molecule has 2 fully saturated rings. The van der Waals surface area contributed by atoms with E-state index in [9.17, 15) is 5.11 Å². The first-order valence-electron chi connectivity index (χ1n) is 5.47. The molecule has 0 radical (unpaired) electrons. The molecule has 0 aromatic heterocycles. The zero-order valence-corrected chi connectivity index (χ0v) is 8.79. The average molecular weight is 184 g/mol. The molecule has 0 aliphatic carbocycles. The Morgan fingerprint density at radius 1 is 1.23 bits per heavy atom. The van der Waals surface area contributed by atoms with E-state index >= 15 is 0 Å². The number of rotatable bonds is 1. The first-order valence-corrected chi connectivity index (χ1v) is 5.47. The van der Waals surface area contributed by atoms with Crippen molar-refractivity contribution in [1.82, 2.24) is 0 Å². The summed E-state index contributed by atoms with van der Waals surface area (Å²) in [6, 6.07) is 0. The van der Waals surface area contributed by atoms with Gasteiger partial charge in [0.1, 0.15) is 0 Å². The van der Waals surface area contributed by atoms with E-state index in [1.54, 1.807) is 0 Å². The molecular formula is C11H20O2. The molecule has 0 spiro atoms. The van der Waals surface area contributed by atoms with Crippen molar-refractivity contribution in [3.63, 3.8) is 0 Å². The van der Waals surface area contributed by atoms with Gasteiger partial charge in [0.05, 0.1) is 17.8 Å². The number of aliphatic hydroxyl groups is 1. The highest BCUT2D eigenvalue weighted by molar-refractivity contribution is 5.02. The largest absolute Gasteiger partial charge is 0.389 e. The number of hydrogen-bond donors (Lipinski definition) is 1. The molecule has 0 saturated carbocycles. The second-order valence-corrected chi connectivity index (χ2v) is 4.71. The van der Waals surface area contributed by atoms with Crippen LogP contribution in [0.3, 0.4) is 0 Å². The first kappa shape index (κ1) is 9.47. The molecule has 2 saturated heterocycles. The lowest BCUT2D eigenvalue weighted by atomic mass is 9.72. The lowest BCUT2D eigenvalue weighted by molar-refractivity contribution is -0.189. The van der Waals surface area contributed by atoms with Gasteiger partial charge >= 0.3 is 0 Å². The van der Waals surface area contributed by atoms with Crippen molar-refractivity contribution in [1.29, 1.82) is 0 Å². The quantitative estimate of drug-likeness (QED) is 0.675. The smallest absolute Gasteiger partial charge is 0.0745 e. The summed E-state index contributed by atoms with van der Waals surface area (Å²) in [7, 11) is 0. The van der Waals surface area contributed by atoms with E-state index < -0.39 is 5.60 Å². The predicted molar refractivity (Wildman–Crippen MR) is 51.5 cm³/mol. The number of hydrogen-bond acceptors (Lipinski definition) is 2. The van der Waals surface area contributed by atoms with E-state index in [0.717, 1.165) is 19.3 Å². The lowest BCUT2D eigenvalue weighted by Gasteiger charge is -2.46. The molecule has 76 valence electrons. The van der Waals surface area contributed by atoms with Crippen molar-refractivity contribution in [2.75, 3.05) is 0 Å². The van der Waals surface area contributed by atoms with Crippen LogP contribution in [-0.2, 0) is 4.74 Å². The summed E-state index contributed by atoms with van der Waals surface area (Å²) < 4.78 is 5.86. The lowest BCUT2D eigenvalue weighted by Crippen LogP contribution is -2.54. The topological polar surface area (TPSA) is 29.5 Å². The van der Waals surface area contributed by atoms with E-state index in [1.165, 1.54) is 0 Å². The Morgan fingerprint density at radius 3 is 2.08 bits per heavy atom. The Labute approximate surface area is 80.3 Å². The van der Waals surface area contributed by atoms with Gasteiger partial charge in [0.25, 0.3) is 0 Å². The highest BCUT2D eigenvalue weighted by Crippen LogP contribution is 2.47. The van der Waals surface area contributed by atoms with Crippen molar-refractivity contribution in [3.8, 4) is 0 Å². The van der Waals surface area contributed by atoms with Gasteiger partial charge in [-0.1, -0.05) is 20.8 Å². The van der Waals surface area contributed by atoms with Crippen LogP contribution < -0.4 is 0 Å². The van der Waals surface area contributed by atoms with Gasteiger partial charge in [-0.15, -0.1) is 0 Å².